The van der Waals surface area contributed by atoms with Crippen molar-refractivity contribution in [2.75, 3.05) is 30.3 Å². The second kappa shape index (κ2) is 5.21. The number of nitrogen functional groups attached to an aromatic ring is 1. The number of nitrogens with one attached hydrogen (secondary N) is 2. The predicted octanol–water partition coefficient (Wildman–Crippen LogP) is 0.320. The molecule has 0 atom stereocenters. The number of aromatic amines is 1. The van der Waals surface area contributed by atoms with Gasteiger partial charge >= 0.3 is 0 Å². The molecule has 6 nitrogen and oxygen atoms in total. The Morgan fingerprint density at radius 2 is 2.11 bits per heavy atom. The fourth-order valence-electron chi connectivity index (χ4n) is 2.62. The smallest absolute Gasteiger partial charge is 0.276 e. The Balaban J connectivity index is 1.56. The van der Waals surface area contributed by atoms with E-state index in [0.717, 1.165) is 44.4 Å². The highest BCUT2D eigenvalue weighted by Gasteiger charge is 2.25. The van der Waals surface area contributed by atoms with Crippen molar-refractivity contribution in [2.24, 2.45) is 5.92 Å². The zero-order valence-corrected chi connectivity index (χ0v) is 11.1. The van der Waals surface area contributed by atoms with Crippen LogP contribution in [-0.2, 0) is 0 Å². The molecule has 1 aliphatic carbocycles. The van der Waals surface area contributed by atoms with Crippen LogP contribution in [0.25, 0.3) is 0 Å². The fraction of sp³-hybridized carbons (Fsp3) is 0.692. The molecule has 0 amide bonds. The highest BCUT2D eigenvalue weighted by molar-refractivity contribution is 5.60. The van der Waals surface area contributed by atoms with E-state index < -0.39 is 0 Å². The topological polar surface area (TPSA) is 87.0 Å². The Bertz CT molecular complexity index is 488. The first-order chi connectivity index (χ1) is 9.24. The molecular weight excluding hydrogens is 242 g/mol. The minimum atomic E-state index is -0.248. The highest BCUT2D eigenvalue weighted by Crippen LogP contribution is 2.25. The first kappa shape index (κ1) is 12.5. The van der Waals surface area contributed by atoms with Crippen molar-refractivity contribution in [3.05, 3.63) is 16.7 Å². The average Bonchev–Trinajstić information content (AvgIpc) is 3.25. The van der Waals surface area contributed by atoms with E-state index in [0.29, 0.717) is 5.82 Å². The standard InChI is InChI=1S/C13H21N5O/c14-11-12(16-8-17-13(11)19)18-5-3-9(4-6-18)7-15-10-1-2-10/h8-10,15H,1-7,14H2,(H,16,17,19). The lowest BCUT2D eigenvalue weighted by molar-refractivity contribution is 0.381. The van der Waals surface area contributed by atoms with Crippen LogP contribution in [0.3, 0.4) is 0 Å². The predicted molar refractivity (Wildman–Crippen MR) is 75.2 cm³/mol. The number of hydrogen-bond donors (Lipinski definition) is 3. The highest BCUT2D eigenvalue weighted by atomic mass is 16.1. The Labute approximate surface area is 112 Å². The van der Waals surface area contributed by atoms with Gasteiger partial charge in [0.25, 0.3) is 5.56 Å². The summed E-state index contributed by atoms with van der Waals surface area (Å²) in [6.07, 6.45) is 6.37. The van der Waals surface area contributed by atoms with Gasteiger partial charge in [-0.05, 0) is 38.1 Å². The molecule has 6 heteroatoms. The maximum Gasteiger partial charge on any atom is 0.276 e. The summed E-state index contributed by atoms with van der Waals surface area (Å²) in [5.41, 5.74) is 5.78. The third kappa shape index (κ3) is 2.89. The number of anilines is 2. The van der Waals surface area contributed by atoms with Gasteiger partial charge in [0.1, 0.15) is 5.69 Å². The Morgan fingerprint density at radius 1 is 1.37 bits per heavy atom. The molecule has 3 rings (SSSR count). The number of rotatable bonds is 4. The molecule has 0 bridgehead atoms. The van der Waals surface area contributed by atoms with Crippen LogP contribution in [0.15, 0.2) is 11.1 Å². The second-order valence-corrected chi connectivity index (χ2v) is 5.58. The molecule has 1 aromatic rings. The number of nitrogens with two attached hydrogens (primary N) is 1. The molecule has 1 saturated heterocycles. The summed E-state index contributed by atoms with van der Waals surface area (Å²) in [5.74, 6) is 1.37. The third-order valence-corrected chi connectivity index (χ3v) is 4.05. The molecule has 4 N–H and O–H groups in total. The van der Waals surface area contributed by atoms with Gasteiger partial charge < -0.3 is 20.9 Å². The molecule has 2 aliphatic rings. The largest absolute Gasteiger partial charge is 0.391 e. The van der Waals surface area contributed by atoms with Crippen molar-refractivity contribution in [3.8, 4) is 0 Å². The third-order valence-electron chi connectivity index (χ3n) is 4.05. The first-order valence-corrected chi connectivity index (χ1v) is 7.05. The van der Waals surface area contributed by atoms with E-state index in [1.807, 2.05) is 0 Å². The molecule has 1 saturated carbocycles. The number of piperidine rings is 1. The second-order valence-electron chi connectivity index (χ2n) is 5.58. The molecule has 104 valence electrons. The van der Waals surface area contributed by atoms with E-state index in [1.54, 1.807) is 0 Å². The number of nitrogens with zero attached hydrogens (tertiary/aromatic N) is 2. The molecule has 1 aliphatic heterocycles. The lowest BCUT2D eigenvalue weighted by Crippen LogP contribution is -2.39. The van der Waals surface area contributed by atoms with Gasteiger partial charge in [-0.3, -0.25) is 4.79 Å². The Kier molecular flexibility index (Phi) is 3.42. The van der Waals surface area contributed by atoms with E-state index >= 15 is 0 Å². The molecular formula is C13H21N5O. The monoisotopic (exact) mass is 263 g/mol. The van der Waals surface area contributed by atoms with Crippen LogP contribution in [0.1, 0.15) is 25.7 Å². The van der Waals surface area contributed by atoms with Gasteiger partial charge in [0.2, 0.25) is 0 Å². The fourth-order valence-corrected chi connectivity index (χ4v) is 2.62. The van der Waals surface area contributed by atoms with Crippen molar-refractivity contribution in [1.82, 2.24) is 15.3 Å². The number of H-pyrrole nitrogens is 1. The summed E-state index contributed by atoms with van der Waals surface area (Å²) in [4.78, 5) is 20.3. The van der Waals surface area contributed by atoms with Gasteiger partial charge in [-0.2, -0.15) is 0 Å². The van der Waals surface area contributed by atoms with Crippen LogP contribution >= 0.6 is 0 Å². The van der Waals surface area contributed by atoms with Crippen LogP contribution in [0.2, 0.25) is 0 Å². The minimum Gasteiger partial charge on any atom is -0.391 e. The quantitative estimate of drug-likeness (QED) is 0.728. The van der Waals surface area contributed by atoms with E-state index in [4.69, 9.17) is 5.73 Å². The van der Waals surface area contributed by atoms with Crippen molar-refractivity contribution < 1.29 is 0 Å². The van der Waals surface area contributed by atoms with Crippen molar-refractivity contribution in [3.63, 3.8) is 0 Å². The lowest BCUT2D eigenvalue weighted by atomic mass is 9.96. The molecule has 0 unspecified atom stereocenters. The lowest BCUT2D eigenvalue weighted by Gasteiger charge is -2.33. The van der Waals surface area contributed by atoms with Gasteiger partial charge in [-0.1, -0.05) is 0 Å². The number of hydrogen-bond acceptors (Lipinski definition) is 5. The maximum absolute atomic E-state index is 11.5. The van der Waals surface area contributed by atoms with Gasteiger partial charge in [0.15, 0.2) is 5.82 Å². The summed E-state index contributed by atoms with van der Waals surface area (Å²) in [5, 5.41) is 3.59. The Morgan fingerprint density at radius 3 is 2.79 bits per heavy atom. The van der Waals surface area contributed by atoms with Crippen molar-refractivity contribution >= 4 is 11.5 Å². The van der Waals surface area contributed by atoms with Gasteiger partial charge in [-0.15, -0.1) is 0 Å². The minimum absolute atomic E-state index is 0.233. The summed E-state index contributed by atoms with van der Waals surface area (Å²) in [6.45, 7) is 2.98. The molecule has 2 fully saturated rings. The van der Waals surface area contributed by atoms with Crippen LogP contribution in [0.4, 0.5) is 11.5 Å². The van der Waals surface area contributed by atoms with Gasteiger partial charge in [-0.25, -0.2) is 4.98 Å². The molecule has 1 aromatic heterocycles. The zero-order chi connectivity index (χ0) is 13.2. The zero-order valence-electron chi connectivity index (χ0n) is 11.1. The van der Waals surface area contributed by atoms with E-state index in [2.05, 4.69) is 20.2 Å². The normalized spacial score (nSPS) is 20.7. The molecule has 0 radical (unpaired) electrons. The van der Waals surface area contributed by atoms with Crippen LogP contribution in [0.5, 0.6) is 0 Å². The Hall–Kier alpha value is -1.56. The van der Waals surface area contributed by atoms with Crippen molar-refractivity contribution in [2.45, 2.75) is 31.7 Å². The maximum atomic E-state index is 11.5. The van der Waals surface area contributed by atoms with Crippen LogP contribution < -0.4 is 21.5 Å². The molecule has 0 spiro atoms. The first-order valence-electron chi connectivity index (χ1n) is 7.05. The molecule has 0 aromatic carbocycles. The van der Waals surface area contributed by atoms with Crippen molar-refractivity contribution in [1.29, 1.82) is 0 Å². The SMILES string of the molecule is Nc1c(N2CCC(CNC3CC3)CC2)nc[nH]c1=O. The van der Waals surface area contributed by atoms with E-state index in [1.165, 1.54) is 19.2 Å². The van der Waals surface area contributed by atoms with Crippen LogP contribution in [-0.4, -0.2) is 35.6 Å². The summed E-state index contributed by atoms with van der Waals surface area (Å²) >= 11 is 0. The molecule has 2 heterocycles. The summed E-state index contributed by atoms with van der Waals surface area (Å²) in [6, 6.07) is 0.781. The summed E-state index contributed by atoms with van der Waals surface area (Å²) in [7, 11) is 0. The molecule has 19 heavy (non-hydrogen) atoms. The average molecular weight is 263 g/mol. The van der Waals surface area contributed by atoms with Gasteiger partial charge in [0, 0.05) is 19.1 Å². The van der Waals surface area contributed by atoms with Crippen LogP contribution in [0, 0.1) is 5.92 Å². The van der Waals surface area contributed by atoms with E-state index in [9.17, 15) is 4.79 Å². The van der Waals surface area contributed by atoms with E-state index in [-0.39, 0.29) is 11.2 Å². The van der Waals surface area contributed by atoms with Gasteiger partial charge in [0.05, 0.1) is 6.33 Å². The summed E-state index contributed by atoms with van der Waals surface area (Å²) < 4.78 is 0. The number of aromatic nitrogens is 2.